The normalized spacial score (nSPS) is 40.4. The number of β-amino-alcohol motifs (C(OH)–C–C–N with tert-alkyl or cyclic N) is 1. The zero-order chi connectivity index (χ0) is 14.4. The first-order valence-corrected chi connectivity index (χ1v) is 9.29. The van der Waals surface area contributed by atoms with Crippen molar-refractivity contribution in [2.75, 3.05) is 26.7 Å². The summed E-state index contributed by atoms with van der Waals surface area (Å²) in [6.45, 7) is 1.58. The van der Waals surface area contributed by atoms with E-state index in [2.05, 4.69) is 4.90 Å². The SMILES string of the molecule is CN1C[C@H](O)[C@]2(CCN(C3CCCCCC3)C2)S1(=O)=O. The Morgan fingerprint density at radius 2 is 1.80 bits per heavy atom. The van der Waals surface area contributed by atoms with E-state index in [1.165, 1.54) is 42.8 Å². The first kappa shape index (κ1) is 14.8. The second kappa shape index (κ2) is 5.23. The summed E-state index contributed by atoms with van der Waals surface area (Å²) in [7, 11) is -1.77. The van der Waals surface area contributed by atoms with Crippen LogP contribution in [0.2, 0.25) is 0 Å². The van der Waals surface area contributed by atoms with E-state index in [-0.39, 0.29) is 6.54 Å². The predicted octanol–water partition coefficient (Wildman–Crippen LogP) is 0.790. The number of rotatable bonds is 1. The third kappa shape index (κ3) is 2.12. The molecular weight excluding hydrogens is 276 g/mol. The van der Waals surface area contributed by atoms with Crippen molar-refractivity contribution >= 4 is 10.0 Å². The number of nitrogens with zero attached hydrogens (tertiary/aromatic N) is 2. The van der Waals surface area contributed by atoms with Crippen LogP contribution in [0.5, 0.6) is 0 Å². The quantitative estimate of drug-likeness (QED) is 0.728. The van der Waals surface area contributed by atoms with Crippen molar-refractivity contribution in [3.63, 3.8) is 0 Å². The highest BCUT2D eigenvalue weighted by Crippen LogP contribution is 2.41. The molecule has 2 aliphatic heterocycles. The smallest absolute Gasteiger partial charge is 0.223 e. The molecule has 1 aliphatic carbocycles. The number of likely N-dealkylation sites (N-methyl/N-ethyl adjacent to an activating group) is 1. The summed E-state index contributed by atoms with van der Waals surface area (Å²) in [5.41, 5.74) is 0. The van der Waals surface area contributed by atoms with Gasteiger partial charge >= 0.3 is 0 Å². The summed E-state index contributed by atoms with van der Waals surface area (Å²) in [4.78, 5) is 2.34. The zero-order valence-corrected chi connectivity index (χ0v) is 13.1. The summed E-state index contributed by atoms with van der Waals surface area (Å²) < 4.78 is 25.5. The molecule has 3 fully saturated rings. The van der Waals surface area contributed by atoms with E-state index in [1.807, 2.05) is 0 Å². The van der Waals surface area contributed by atoms with Gasteiger partial charge in [0.25, 0.3) is 0 Å². The standard InChI is InChI=1S/C14H26N2O3S/c1-15-10-13(17)14(20(15,18)19)8-9-16(11-14)12-6-4-2-3-5-7-12/h12-13,17H,2-11H2,1H3/t13-,14+/m0/s1. The Kier molecular flexibility index (Phi) is 3.86. The van der Waals surface area contributed by atoms with Crippen LogP contribution < -0.4 is 0 Å². The van der Waals surface area contributed by atoms with Crippen molar-refractivity contribution in [2.45, 2.75) is 61.8 Å². The van der Waals surface area contributed by atoms with Gasteiger partial charge in [0.1, 0.15) is 4.75 Å². The highest BCUT2D eigenvalue weighted by molar-refractivity contribution is 7.90. The molecule has 0 bridgehead atoms. The van der Waals surface area contributed by atoms with Gasteiger partial charge in [-0.15, -0.1) is 0 Å². The molecule has 20 heavy (non-hydrogen) atoms. The van der Waals surface area contributed by atoms with Crippen molar-refractivity contribution in [2.24, 2.45) is 0 Å². The van der Waals surface area contributed by atoms with Gasteiger partial charge in [-0.05, 0) is 19.3 Å². The number of hydrogen-bond acceptors (Lipinski definition) is 4. The summed E-state index contributed by atoms with van der Waals surface area (Å²) in [5.74, 6) is 0. The molecule has 0 radical (unpaired) electrons. The van der Waals surface area contributed by atoms with Crippen LogP contribution in [0.25, 0.3) is 0 Å². The molecule has 116 valence electrons. The van der Waals surface area contributed by atoms with E-state index in [0.29, 0.717) is 19.0 Å². The lowest BCUT2D eigenvalue weighted by Gasteiger charge is -2.30. The average Bonchev–Trinajstić information content (AvgIpc) is 2.77. The molecule has 1 saturated carbocycles. The minimum Gasteiger partial charge on any atom is -0.390 e. The van der Waals surface area contributed by atoms with E-state index in [1.54, 1.807) is 7.05 Å². The van der Waals surface area contributed by atoms with Crippen LogP contribution >= 0.6 is 0 Å². The maximum absolute atomic E-state index is 12.6. The van der Waals surface area contributed by atoms with Gasteiger partial charge in [-0.3, -0.25) is 4.90 Å². The molecule has 6 heteroatoms. The molecule has 2 saturated heterocycles. The Bertz CT molecular complexity index is 459. The highest BCUT2D eigenvalue weighted by atomic mass is 32.2. The van der Waals surface area contributed by atoms with Crippen LogP contribution in [0, 0.1) is 0 Å². The molecule has 0 aromatic heterocycles. The number of likely N-dealkylation sites (tertiary alicyclic amines) is 1. The monoisotopic (exact) mass is 302 g/mol. The van der Waals surface area contributed by atoms with E-state index in [9.17, 15) is 13.5 Å². The molecule has 0 aromatic carbocycles. The highest BCUT2D eigenvalue weighted by Gasteiger charge is 2.60. The van der Waals surface area contributed by atoms with Gasteiger partial charge < -0.3 is 5.11 Å². The maximum atomic E-state index is 12.6. The maximum Gasteiger partial charge on any atom is 0.223 e. The number of sulfonamides is 1. The lowest BCUT2D eigenvalue weighted by atomic mass is 10.0. The topological polar surface area (TPSA) is 60.9 Å². The van der Waals surface area contributed by atoms with Crippen LogP contribution in [-0.4, -0.2) is 66.3 Å². The molecule has 0 aromatic rings. The Morgan fingerprint density at radius 3 is 2.35 bits per heavy atom. The second-order valence-corrected chi connectivity index (χ2v) is 9.12. The lowest BCUT2D eigenvalue weighted by molar-refractivity contribution is 0.124. The fraction of sp³-hybridized carbons (Fsp3) is 1.00. The number of aliphatic hydroxyl groups is 1. The van der Waals surface area contributed by atoms with Gasteiger partial charge in [-0.2, -0.15) is 0 Å². The van der Waals surface area contributed by atoms with E-state index in [0.717, 1.165) is 6.54 Å². The van der Waals surface area contributed by atoms with E-state index < -0.39 is 20.9 Å². The summed E-state index contributed by atoms with van der Waals surface area (Å²) in [5, 5.41) is 10.3. The Morgan fingerprint density at radius 1 is 1.15 bits per heavy atom. The van der Waals surface area contributed by atoms with Crippen molar-refractivity contribution < 1.29 is 13.5 Å². The Balaban J connectivity index is 1.78. The molecule has 3 aliphatic rings. The van der Waals surface area contributed by atoms with Crippen molar-refractivity contribution in [1.82, 2.24) is 9.21 Å². The van der Waals surface area contributed by atoms with Gasteiger partial charge in [0, 0.05) is 32.7 Å². The molecule has 1 spiro atoms. The lowest BCUT2D eigenvalue weighted by Crippen LogP contribution is -2.48. The van der Waals surface area contributed by atoms with E-state index in [4.69, 9.17) is 0 Å². The van der Waals surface area contributed by atoms with Gasteiger partial charge in [-0.25, -0.2) is 12.7 Å². The molecule has 2 atom stereocenters. The summed E-state index contributed by atoms with van der Waals surface area (Å²) >= 11 is 0. The zero-order valence-electron chi connectivity index (χ0n) is 12.3. The molecule has 3 rings (SSSR count). The Hall–Kier alpha value is -0.170. The largest absolute Gasteiger partial charge is 0.390 e. The van der Waals surface area contributed by atoms with Crippen LogP contribution in [-0.2, 0) is 10.0 Å². The van der Waals surface area contributed by atoms with Crippen LogP contribution in [0.4, 0.5) is 0 Å². The Labute approximate surface area is 122 Å². The fourth-order valence-corrected chi connectivity index (χ4v) is 6.30. The van der Waals surface area contributed by atoms with Gasteiger partial charge in [0.15, 0.2) is 0 Å². The third-order valence-electron chi connectivity index (χ3n) is 5.60. The number of aliphatic hydroxyl groups excluding tert-OH is 1. The molecular formula is C14H26N2O3S. The van der Waals surface area contributed by atoms with Crippen molar-refractivity contribution in [3.8, 4) is 0 Å². The van der Waals surface area contributed by atoms with Crippen molar-refractivity contribution in [3.05, 3.63) is 0 Å². The molecule has 5 nitrogen and oxygen atoms in total. The molecule has 0 amide bonds. The second-order valence-electron chi connectivity index (χ2n) is 6.73. The number of hydrogen-bond donors (Lipinski definition) is 1. The minimum atomic E-state index is -3.35. The summed E-state index contributed by atoms with van der Waals surface area (Å²) in [6, 6.07) is 0.519. The van der Waals surface area contributed by atoms with Crippen LogP contribution in [0.1, 0.15) is 44.9 Å². The van der Waals surface area contributed by atoms with Crippen molar-refractivity contribution in [1.29, 1.82) is 0 Å². The fourth-order valence-electron chi connectivity index (χ4n) is 4.24. The van der Waals surface area contributed by atoms with E-state index >= 15 is 0 Å². The first-order chi connectivity index (χ1) is 9.47. The van der Waals surface area contributed by atoms with Crippen LogP contribution in [0.15, 0.2) is 0 Å². The summed E-state index contributed by atoms with van der Waals surface area (Å²) in [6.07, 6.45) is 7.32. The van der Waals surface area contributed by atoms with Crippen LogP contribution in [0.3, 0.4) is 0 Å². The molecule has 1 N–H and O–H groups in total. The minimum absolute atomic E-state index is 0.251. The molecule has 2 heterocycles. The predicted molar refractivity (Wildman–Crippen MR) is 78.0 cm³/mol. The average molecular weight is 302 g/mol. The third-order valence-corrected chi connectivity index (χ3v) is 8.20. The van der Waals surface area contributed by atoms with Gasteiger partial charge in [0.05, 0.1) is 6.10 Å². The molecule has 0 unspecified atom stereocenters. The first-order valence-electron chi connectivity index (χ1n) is 7.85. The van der Waals surface area contributed by atoms with Gasteiger partial charge in [0.2, 0.25) is 10.0 Å². The van der Waals surface area contributed by atoms with Gasteiger partial charge in [-0.1, -0.05) is 25.7 Å².